The number of aromatic nitrogens is 1. The van der Waals surface area contributed by atoms with Crippen molar-refractivity contribution in [1.82, 2.24) is 4.57 Å². The molecule has 1 aliphatic rings. The quantitative estimate of drug-likeness (QED) is 0.241. The van der Waals surface area contributed by atoms with Gasteiger partial charge in [0.15, 0.2) is 16.3 Å². The fourth-order valence-electron chi connectivity index (χ4n) is 4.90. The molecule has 0 unspecified atom stereocenters. The van der Waals surface area contributed by atoms with Gasteiger partial charge in [0.05, 0.1) is 53.8 Å². The molecule has 0 fully saturated rings. The van der Waals surface area contributed by atoms with E-state index in [1.54, 1.807) is 55.9 Å². The lowest BCUT2D eigenvalue weighted by Gasteiger charge is -2.24. The first-order chi connectivity index (χ1) is 21.4. The van der Waals surface area contributed by atoms with Gasteiger partial charge in [-0.3, -0.25) is 9.36 Å². The van der Waals surface area contributed by atoms with Crippen LogP contribution in [-0.2, 0) is 16.1 Å². The number of esters is 1. The standard InChI is InChI=1S/C34H31N3O6S/c1-5-41-26-14-12-25(13-15-26)31-30(33(39)42-6-2)21(3)36-34-37(31)32(38)29(44-34)18-24-11-16-27(28(17-24)40-4)43-20-23-9-7-22(19-35)8-10-23/h7-18,31H,5-6,20H2,1-4H3/b29-18-/t31-/m1/s1. The summed E-state index contributed by atoms with van der Waals surface area (Å²) in [5.41, 5.74) is 3.51. The van der Waals surface area contributed by atoms with Gasteiger partial charge in [0.1, 0.15) is 12.4 Å². The summed E-state index contributed by atoms with van der Waals surface area (Å²) < 4.78 is 24.5. The lowest BCUT2D eigenvalue weighted by atomic mass is 9.96. The lowest BCUT2D eigenvalue weighted by molar-refractivity contribution is -0.139. The number of nitriles is 1. The molecular formula is C34H31N3O6S. The van der Waals surface area contributed by atoms with Crippen LogP contribution in [0, 0.1) is 11.3 Å². The van der Waals surface area contributed by atoms with Gasteiger partial charge in [-0.05, 0) is 79.9 Å². The molecule has 44 heavy (non-hydrogen) atoms. The molecule has 2 heterocycles. The first-order valence-electron chi connectivity index (χ1n) is 14.1. The number of carbonyl (C=O) groups excluding carboxylic acids is 1. The third-order valence-corrected chi connectivity index (χ3v) is 7.97. The van der Waals surface area contributed by atoms with E-state index in [0.29, 0.717) is 56.6 Å². The number of rotatable bonds is 10. The summed E-state index contributed by atoms with van der Waals surface area (Å²) >= 11 is 1.25. The fourth-order valence-corrected chi connectivity index (χ4v) is 5.95. The van der Waals surface area contributed by atoms with Gasteiger partial charge in [-0.15, -0.1) is 0 Å². The van der Waals surface area contributed by atoms with E-state index in [-0.39, 0.29) is 12.2 Å². The van der Waals surface area contributed by atoms with Crippen molar-refractivity contribution in [1.29, 1.82) is 5.26 Å². The highest BCUT2D eigenvalue weighted by molar-refractivity contribution is 7.07. The molecule has 0 saturated carbocycles. The molecule has 1 aliphatic heterocycles. The monoisotopic (exact) mass is 609 g/mol. The molecule has 5 rings (SSSR count). The number of hydrogen-bond donors (Lipinski definition) is 0. The van der Waals surface area contributed by atoms with Crippen LogP contribution in [0.25, 0.3) is 6.08 Å². The van der Waals surface area contributed by atoms with Crippen LogP contribution >= 0.6 is 11.3 Å². The zero-order valence-corrected chi connectivity index (χ0v) is 25.6. The molecule has 0 amide bonds. The number of allylic oxidation sites excluding steroid dienone is 1. The highest BCUT2D eigenvalue weighted by Crippen LogP contribution is 2.32. The van der Waals surface area contributed by atoms with E-state index in [9.17, 15) is 9.59 Å². The van der Waals surface area contributed by atoms with Gasteiger partial charge in [-0.2, -0.15) is 5.26 Å². The normalized spacial score (nSPS) is 14.3. The first kappa shape index (κ1) is 30.3. The molecule has 4 aromatic rings. The van der Waals surface area contributed by atoms with Crippen molar-refractivity contribution < 1.29 is 23.7 Å². The van der Waals surface area contributed by atoms with Gasteiger partial charge in [0.25, 0.3) is 5.56 Å². The van der Waals surface area contributed by atoms with Crippen LogP contribution < -0.4 is 29.1 Å². The molecule has 0 spiro atoms. The predicted molar refractivity (Wildman–Crippen MR) is 166 cm³/mol. The van der Waals surface area contributed by atoms with Crippen molar-refractivity contribution in [2.24, 2.45) is 4.99 Å². The molecule has 0 aliphatic carbocycles. The van der Waals surface area contributed by atoms with E-state index in [2.05, 4.69) is 11.1 Å². The highest BCUT2D eigenvalue weighted by atomic mass is 32.1. The number of thiazole rings is 1. The third kappa shape index (κ3) is 6.28. The molecular weight excluding hydrogens is 578 g/mol. The first-order valence-corrected chi connectivity index (χ1v) is 14.9. The number of methoxy groups -OCH3 is 1. The van der Waals surface area contributed by atoms with Crippen molar-refractivity contribution in [2.75, 3.05) is 20.3 Å². The summed E-state index contributed by atoms with van der Waals surface area (Å²) in [4.78, 5) is 32.2. The minimum atomic E-state index is -0.712. The predicted octanol–water partition coefficient (Wildman–Crippen LogP) is 4.66. The van der Waals surface area contributed by atoms with Gasteiger partial charge in [-0.25, -0.2) is 9.79 Å². The van der Waals surface area contributed by atoms with Crippen LogP contribution in [0.4, 0.5) is 0 Å². The zero-order chi connectivity index (χ0) is 31.2. The Hall–Kier alpha value is -5.14. The molecule has 0 radical (unpaired) electrons. The van der Waals surface area contributed by atoms with Gasteiger partial charge >= 0.3 is 5.97 Å². The summed E-state index contributed by atoms with van der Waals surface area (Å²) in [6.07, 6.45) is 1.77. The van der Waals surface area contributed by atoms with Crippen LogP contribution in [0.15, 0.2) is 87.8 Å². The Morgan fingerprint density at radius 1 is 1.02 bits per heavy atom. The smallest absolute Gasteiger partial charge is 0.338 e. The van der Waals surface area contributed by atoms with Crippen LogP contribution in [-0.4, -0.2) is 30.9 Å². The van der Waals surface area contributed by atoms with E-state index in [4.69, 9.17) is 24.2 Å². The molecule has 0 saturated heterocycles. The highest BCUT2D eigenvalue weighted by Gasteiger charge is 2.33. The molecule has 1 atom stereocenters. The number of fused-ring (bicyclic) bond motifs is 1. The third-order valence-electron chi connectivity index (χ3n) is 6.99. The Bertz CT molecular complexity index is 1930. The Kier molecular flexibility index (Phi) is 9.26. The fraction of sp³-hybridized carbons (Fsp3) is 0.235. The molecule has 10 heteroatoms. The van der Waals surface area contributed by atoms with Crippen LogP contribution in [0.3, 0.4) is 0 Å². The van der Waals surface area contributed by atoms with Crippen molar-refractivity contribution in [2.45, 2.75) is 33.4 Å². The average molecular weight is 610 g/mol. The zero-order valence-electron chi connectivity index (χ0n) is 24.8. The second kappa shape index (κ2) is 13.4. The van der Waals surface area contributed by atoms with Crippen molar-refractivity contribution in [3.8, 4) is 23.3 Å². The number of ether oxygens (including phenoxy) is 4. The van der Waals surface area contributed by atoms with E-state index in [1.165, 1.54) is 11.3 Å². The second-order valence-electron chi connectivity index (χ2n) is 9.81. The number of nitrogens with zero attached hydrogens (tertiary/aromatic N) is 3. The lowest BCUT2D eigenvalue weighted by Crippen LogP contribution is -2.39. The molecule has 0 N–H and O–H groups in total. The van der Waals surface area contributed by atoms with Crippen LogP contribution in [0.2, 0.25) is 0 Å². The summed E-state index contributed by atoms with van der Waals surface area (Å²) in [5, 5.41) is 9.01. The van der Waals surface area contributed by atoms with E-state index < -0.39 is 12.0 Å². The maximum atomic E-state index is 13.9. The van der Waals surface area contributed by atoms with Crippen LogP contribution in [0.1, 0.15) is 49.1 Å². The summed E-state index contributed by atoms with van der Waals surface area (Å²) in [6.45, 7) is 6.43. The summed E-state index contributed by atoms with van der Waals surface area (Å²) in [7, 11) is 1.55. The maximum Gasteiger partial charge on any atom is 0.338 e. The number of hydrogen-bond acceptors (Lipinski definition) is 9. The largest absolute Gasteiger partial charge is 0.494 e. The van der Waals surface area contributed by atoms with Crippen molar-refractivity contribution in [3.63, 3.8) is 0 Å². The molecule has 1 aromatic heterocycles. The van der Waals surface area contributed by atoms with Gasteiger partial charge in [0.2, 0.25) is 0 Å². The van der Waals surface area contributed by atoms with Crippen molar-refractivity contribution >= 4 is 23.4 Å². The molecule has 0 bridgehead atoms. The Morgan fingerprint density at radius 3 is 2.43 bits per heavy atom. The molecule has 3 aromatic carbocycles. The Labute approximate surface area is 258 Å². The molecule has 9 nitrogen and oxygen atoms in total. The average Bonchev–Trinajstić information content (AvgIpc) is 3.34. The summed E-state index contributed by atoms with van der Waals surface area (Å²) in [6, 6.07) is 21.3. The minimum absolute atomic E-state index is 0.199. The van der Waals surface area contributed by atoms with Gasteiger partial charge in [-0.1, -0.05) is 41.7 Å². The topological polar surface area (TPSA) is 112 Å². The maximum absolute atomic E-state index is 13.9. The SMILES string of the molecule is CCOC(=O)C1=C(C)N=c2s/c(=C\c3ccc(OCc4ccc(C#N)cc4)c(OC)c3)c(=O)n2[C@@H]1c1ccc(OCC)cc1. The van der Waals surface area contributed by atoms with E-state index >= 15 is 0 Å². The second-order valence-corrected chi connectivity index (χ2v) is 10.8. The number of carbonyl (C=O) groups is 1. The van der Waals surface area contributed by atoms with Crippen LogP contribution in [0.5, 0.6) is 17.2 Å². The minimum Gasteiger partial charge on any atom is -0.494 e. The molecule has 224 valence electrons. The van der Waals surface area contributed by atoms with Gasteiger partial charge in [0, 0.05) is 0 Å². The van der Waals surface area contributed by atoms with Gasteiger partial charge < -0.3 is 18.9 Å². The van der Waals surface area contributed by atoms with E-state index in [0.717, 1.165) is 16.7 Å². The Morgan fingerprint density at radius 2 is 1.77 bits per heavy atom. The Balaban J connectivity index is 1.51. The summed E-state index contributed by atoms with van der Waals surface area (Å²) in [5.74, 6) is 1.23. The van der Waals surface area contributed by atoms with Crippen molar-refractivity contribution in [3.05, 3.63) is 120 Å². The van der Waals surface area contributed by atoms with E-state index in [1.807, 2.05) is 49.4 Å². The number of benzene rings is 3.